The lowest BCUT2D eigenvalue weighted by Crippen LogP contribution is -2.37. The van der Waals surface area contributed by atoms with Gasteiger partial charge in [0, 0.05) is 6.20 Å². The molecule has 1 aliphatic carbocycles. The number of alkyl halides is 3. The van der Waals surface area contributed by atoms with Gasteiger partial charge in [-0.1, -0.05) is 0 Å². The Bertz CT molecular complexity index is 454. The van der Waals surface area contributed by atoms with Crippen LogP contribution in [0.25, 0.3) is 0 Å². The number of pyridine rings is 1. The number of aromatic nitrogens is 1. The van der Waals surface area contributed by atoms with Crippen LogP contribution in [-0.2, 0) is 11.0 Å². The Hall–Kier alpha value is -1.63. The van der Waals surface area contributed by atoms with E-state index in [-0.39, 0.29) is 5.69 Å². The van der Waals surface area contributed by atoms with Gasteiger partial charge >= 0.3 is 6.18 Å². The molecule has 0 saturated heterocycles. The molecule has 1 aromatic heterocycles. The van der Waals surface area contributed by atoms with E-state index in [1.807, 2.05) is 0 Å². The molecule has 0 aromatic carbocycles. The molecular weight excluding hydrogens is 235 g/mol. The molecule has 92 valence electrons. The molecule has 1 amide bonds. The zero-order chi connectivity index (χ0) is 12.7. The number of halogens is 3. The van der Waals surface area contributed by atoms with Crippen LogP contribution in [0.1, 0.15) is 18.4 Å². The predicted octanol–water partition coefficient (Wildman–Crippen LogP) is 1.53. The maximum absolute atomic E-state index is 12.4. The van der Waals surface area contributed by atoms with Crippen molar-refractivity contribution in [3.8, 4) is 0 Å². The fraction of sp³-hybridized carbons (Fsp3) is 0.400. The van der Waals surface area contributed by atoms with E-state index in [0.29, 0.717) is 19.0 Å². The first-order valence-corrected chi connectivity index (χ1v) is 4.94. The summed E-state index contributed by atoms with van der Waals surface area (Å²) in [5.74, 6) is -0.473. The standard InChI is InChI=1S/C10H10F3N3O/c11-10(12,13)6-3-7(5-15-4-6)16-8(17)9(14)1-2-9/h3-5H,1-2,14H2,(H,16,17). The monoisotopic (exact) mass is 245 g/mol. The van der Waals surface area contributed by atoms with E-state index in [9.17, 15) is 18.0 Å². The summed E-state index contributed by atoms with van der Waals surface area (Å²) in [5.41, 5.74) is 3.78. The number of amides is 1. The van der Waals surface area contributed by atoms with E-state index < -0.39 is 23.2 Å². The van der Waals surface area contributed by atoms with E-state index in [1.54, 1.807) is 0 Å². The minimum absolute atomic E-state index is 0.00144. The molecule has 0 radical (unpaired) electrons. The molecule has 1 aliphatic rings. The molecule has 17 heavy (non-hydrogen) atoms. The molecule has 2 rings (SSSR count). The van der Waals surface area contributed by atoms with Crippen molar-refractivity contribution < 1.29 is 18.0 Å². The lowest BCUT2D eigenvalue weighted by atomic mass is 10.2. The Morgan fingerprint density at radius 3 is 2.59 bits per heavy atom. The maximum atomic E-state index is 12.4. The summed E-state index contributed by atoms with van der Waals surface area (Å²) in [6.07, 6.45) is -1.53. The second-order valence-corrected chi connectivity index (χ2v) is 4.07. The number of nitrogens with one attached hydrogen (secondary N) is 1. The van der Waals surface area contributed by atoms with Gasteiger partial charge in [0.05, 0.1) is 23.0 Å². The molecular formula is C10H10F3N3O. The first-order valence-electron chi connectivity index (χ1n) is 4.94. The van der Waals surface area contributed by atoms with Crippen molar-refractivity contribution in [2.75, 3.05) is 5.32 Å². The van der Waals surface area contributed by atoms with Crippen molar-refractivity contribution in [2.45, 2.75) is 24.6 Å². The third-order valence-corrected chi connectivity index (χ3v) is 2.56. The third kappa shape index (κ3) is 2.55. The summed E-state index contributed by atoms with van der Waals surface area (Å²) in [4.78, 5) is 14.9. The number of carbonyl (C=O) groups excluding carboxylic acids is 1. The third-order valence-electron chi connectivity index (χ3n) is 2.56. The largest absolute Gasteiger partial charge is 0.417 e. The van der Waals surface area contributed by atoms with Crippen molar-refractivity contribution >= 4 is 11.6 Å². The van der Waals surface area contributed by atoms with Gasteiger partial charge in [-0.15, -0.1) is 0 Å². The van der Waals surface area contributed by atoms with Gasteiger partial charge in [-0.2, -0.15) is 13.2 Å². The molecule has 0 unspecified atom stereocenters. The molecule has 4 nitrogen and oxygen atoms in total. The summed E-state index contributed by atoms with van der Waals surface area (Å²) < 4.78 is 37.1. The number of hydrogen-bond donors (Lipinski definition) is 2. The highest BCUT2D eigenvalue weighted by Crippen LogP contribution is 2.34. The van der Waals surface area contributed by atoms with Gasteiger partial charge in [0.2, 0.25) is 5.91 Å². The average Bonchev–Trinajstić information content (AvgIpc) is 2.97. The van der Waals surface area contributed by atoms with Gasteiger partial charge in [0.25, 0.3) is 0 Å². The molecule has 0 spiro atoms. The summed E-state index contributed by atoms with van der Waals surface area (Å²) >= 11 is 0. The van der Waals surface area contributed by atoms with E-state index in [0.717, 1.165) is 12.3 Å². The van der Waals surface area contributed by atoms with Crippen molar-refractivity contribution in [2.24, 2.45) is 5.73 Å². The minimum Gasteiger partial charge on any atom is -0.323 e. The molecule has 1 heterocycles. The second-order valence-electron chi connectivity index (χ2n) is 4.07. The zero-order valence-corrected chi connectivity index (χ0v) is 8.71. The number of nitrogens with zero attached hydrogens (tertiary/aromatic N) is 1. The van der Waals surface area contributed by atoms with Crippen LogP contribution in [0, 0.1) is 0 Å². The van der Waals surface area contributed by atoms with Crippen LogP contribution in [-0.4, -0.2) is 16.4 Å². The lowest BCUT2D eigenvalue weighted by molar-refractivity contribution is -0.137. The Morgan fingerprint density at radius 1 is 1.41 bits per heavy atom. The Balaban J connectivity index is 2.14. The molecule has 0 bridgehead atoms. The van der Waals surface area contributed by atoms with Crippen LogP contribution in [0.4, 0.5) is 18.9 Å². The van der Waals surface area contributed by atoms with Crippen LogP contribution < -0.4 is 11.1 Å². The molecule has 3 N–H and O–H groups in total. The zero-order valence-electron chi connectivity index (χ0n) is 8.71. The molecule has 0 atom stereocenters. The van der Waals surface area contributed by atoms with Gasteiger partial charge in [0.1, 0.15) is 0 Å². The summed E-state index contributed by atoms with van der Waals surface area (Å²) in [6.45, 7) is 0. The first-order chi connectivity index (χ1) is 7.81. The fourth-order valence-corrected chi connectivity index (χ4v) is 1.28. The Labute approximate surface area is 95.0 Å². The molecule has 7 heteroatoms. The molecule has 1 aromatic rings. The van der Waals surface area contributed by atoms with E-state index in [2.05, 4.69) is 10.3 Å². The number of carbonyl (C=O) groups is 1. The quantitative estimate of drug-likeness (QED) is 0.830. The normalized spacial score (nSPS) is 17.6. The average molecular weight is 245 g/mol. The van der Waals surface area contributed by atoms with Gasteiger partial charge in [0.15, 0.2) is 0 Å². The number of anilines is 1. The minimum atomic E-state index is -4.48. The van der Waals surface area contributed by atoms with Crippen LogP contribution in [0.5, 0.6) is 0 Å². The number of nitrogens with two attached hydrogens (primary N) is 1. The molecule has 0 aliphatic heterocycles. The summed E-state index contributed by atoms with van der Waals surface area (Å²) in [5, 5.41) is 2.33. The smallest absolute Gasteiger partial charge is 0.323 e. The Morgan fingerprint density at radius 2 is 2.06 bits per heavy atom. The molecule has 1 fully saturated rings. The number of rotatable bonds is 2. The highest BCUT2D eigenvalue weighted by molar-refractivity contribution is 5.99. The van der Waals surface area contributed by atoms with Crippen molar-refractivity contribution in [1.29, 1.82) is 0 Å². The summed E-state index contributed by atoms with van der Waals surface area (Å²) in [6, 6.07) is 0.830. The van der Waals surface area contributed by atoms with Crippen LogP contribution in [0.2, 0.25) is 0 Å². The van der Waals surface area contributed by atoms with Crippen LogP contribution in [0.3, 0.4) is 0 Å². The molecule has 1 saturated carbocycles. The SMILES string of the molecule is NC1(C(=O)Nc2cncc(C(F)(F)F)c2)CC1. The van der Waals surface area contributed by atoms with E-state index in [1.165, 1.54) is 0 Å². The van der Waals surface area contributed by atoms with Gasteiger partial charge < -0.3 is 11.1 Å². The predicted molar refractivity (Wildman–Crippen MR) is 54.0 cm³/mol. The first kappa shape index (κ1) is 11.8. The maximum Gasteiger partial charge on any atom is 0.417 e. The van der Waals surface area contributed by atoms with Crippen molar-refractivity contribution in [3.05, 3.63) is 24.0 Å². The van der Waals surface area contributed by atoms with Crippen LogP contribution in [0.15, 0.2) is 18.5 Å². The van der Waals surface area contributed by atoms with Crippen molar-refractivity contribution in [3.63, 3.8) is 0 Å². The van der Waals surface area contributed by atoms with Crippen LogP contribution >= 0.6 is 0 Å². The van der Waals surface area contributed by atoms with E-state index >= 15 is 0 Å². The van der Waals surface area contributed by atoms with Gasteiger partial charge in [-0.3, -0.25) is 9.78 Å². The topological polar surface area (TPSA) is 68.0 Å². The van der Waals surface area contributed by atoms with Gasteiger partial charge in [-0.25, -0.2) is 0 Å². The number of hydrogen-bond acceptors (Lipinski definition) is 3. The highest BCUT2D eigenvalue weighted by atomic mass is 19.4. The Kier molecular flexibility index (Phi) is 2.57. The highest BCUT2D eigenvalue weighted by Gasteiger charge is 2.46. The summed E-state index contributed by atoms with van der Waals surface area (Å²) in [7, 11) is 0. The lowest BCUT2D eigenvalue weighted by Gasteiger charge is -2.11. The van der Waals surface area contributed by atoms with E-state index in [4.69, 9.17) is 5.73 Å². The fourth-order valence-electron chi connectivity index (χ4n) is 1.28. The second kappa shape index (κ2) is 3.69. The van der Waals surface area contributed by atoms with Crippen molar-refractivity contribution in [1.82, 2.24) is 4.98 Å². The van der Waals surface area contributed by atoms with Gasteiger partial charge in [-0.05, 0) is 18.9 Å².